The monoisotopic (exact) mass is 208 g/mol. The molecule has 80 valence electrons. The van der Waals surface area contributed by atoms with Gasteiger partial charge in [-0.15, -0.1) is 0 Å². The van der Waals surface area contributed by atoms with Gasteiger partial charge in [0.15, 0.2) is 0 Å². The molecule has 0 aliphatic heterocycles. The summed E-state index contributed by atoms with van der Waals surface area (Å²) in [6, 6.07) is 0. The molecule has 0 atom stereocenters. The minimum Gasteiger partial charge on any atom is -0.382 e. The smallest absolute Gasteiger partial charge is 0.382 e. The minimum atomic E-state index is -5.56. The summed E-state index contributed by atoms with van der Waals surface area (Å²) in [5.74, 6) is -4.79. The molecule has 0 rings (SSSR count). The summed E-state index contributed by atoms with van der Waals surface area (Å²) in [6.45, 7) is -1.98. The molecule has 7 heteroatoms. The Morgan fingerprint density at radius 1 is 1.00 bits per heavy atom. The SMILES string of the molecule is COCCOCC(F)(F)C(F)(F)F. The Kier molecular flexibility index (Phi) is 4.55. The Balaban J connectivity index is 3.77. The van der Waals surface area contributed by atoms with E-state index in [1.165, 1.54) is 7.11 Å². The molecular formula is C6H9F5O2. The highest BCUT2D eigenvalue weighted by molar-refractivity contribution is 4.74. The summed E-state index contributed by atoms with van der Waals surface area (Å²) >= 11 is 0. The second-order valence-electron chi connectivity index (χ2n) is 2.25. The van der Waals surface area contributed by atoms with Gasteiger partial charge in [-0.2, -0.15) is 22.0 Å². The zero-order chi connectivity index (χ0) is 10.5. The molecule has 0 aliphatic rings. The quantitative estimate of drug-likeness (QED) is 0.507. The molecule has 0 fully saturated rings. The molecule has 0 saturated carbocycles. The van der Waals surface area contributed by atoms with Crippen LogP contribution < -0.4 is 0 Å². The van der Waals surface area contributed by atoms with E-state index in [4.69, 9.17) is 0 Å². The Bertz CT molecular complexity index is 144. The summed E-state index contributed by atoms with van der Waals surface area (Å²) in [7, 11) is 1.28. The van der Waals surface area contributed by atoms with E-state index in [9.17, 15) is 22.0 Å². The summed E-state index contributed by atoms with van der Waals surface area (Å²) < 4.78 is 67.0. The van der Waals surface area contributed by atoms with Crippen LogP contribution in [0.25, 0.3) is 0 Å². The van der Waals surface area contributed by atoms with E-state index < -0.39 is 18.7 Å². The molecular weight excluding hydrogens is 199 g/mol. The number of hydrogen-bond acceptors (Lipinski definition) is 2. The lowest BCUT2D eigenvalue weighted by Gasteiger charge is -2.19. The van der Waals surface area contributed by atoms with Gasteiger partial charge in [0.25, 0.3) is 0 Å². The molecule has 0 amide bonds. The maximum absolute atomic E-state index is 12.1. The van der Waals surface area contributed by atoms with Crippen molar-refractivity contribution in [2.75, 3.05) is 26.9 Å². The number of halogens is 5. The largest absolute Gasteiger partial charge is 0.455 e. The van der Waals surface area contributed by atoms with Gasteiger partial charge in [-0.05, 0) is 0 Å². The van der Waals surface area contributed by atoms with Crippen molar-refractivity contribution in [3.63, 3.8) is 0 Å². The van der Waals surface area contributed by atoms with E-state index in [1.807, 2.05) is 0 Å². The molecule has 2 nitrogen and oxygen atoms in total. The van der Waals surface area contributed by atoms with Crippen LogP contribution in [0, 0.1) is 0 Å². The van der Waals surface area contributed by atoms with Crippen molar-refractivity contribution in [3.05, 3.63) is 0 Å². The van der Waals surface area contributed by atoms with E-state index in [2.05, 4.69) is 9.47 Å². The van der Waals surface area contributed by atoms with Crippen molar-refractivity contribution in [3.8, 4) is 0 Å². The van der Waals surface area contributed by atoms with Gasteiger partial charge < -0.3 is 9.47 Å². The average molecular weight is 208 g/mol. The lowest BCUT2D eigenvalue weighted by atomic mass is 10.3. The minimum absolute atomic E-state index is 0.0199. The fourth-order valence-electron chi connectivity index (χ4n) is 0.424. The zero-order valence-corrected chi connectivity index (χ0v) is 6.83. The number of methoxy groups -OCH3 is 1. The zero-order valence-electron chi connectivity index (χ0n) is 6.83. The number of hydrogen-bond donors (Lipinski definition) is 0. The Hall–Kier alpha value is -0.430. The molecule has 0 N–H and O–H groups in total. The second kappa shape index (κ2) is 4.71. The fourth-order valence-corrected chi connectivity index (χ4v) is 0.424. The van der Waals surface area contributed by atoms with Crippen molar-refractivity contribution >= 4 is 0 Å². The Labute approximate surface area is 71.6 Å². The molecule has 0 radical (unpaired) electrons. The molecule has 0 aromatic carbocycles. The summed E-state index contributed by atoms with van der Waals surface area (Å²) in [5, 5.41) is 0. The van der Waals surface area contributed by atoms with Gasteiger partial charge >= 0.3 is 12.1 Å². The maximum atomic E-state index is 12.1. The second-order valence-corrected chi connectivity index (χ2v) is 2.25. The van der Waals surface area contributed by atoms with Crippen LogP contribution >= 0.6 is 0 Å². The van der Waals surface area contributed by atoms with Crippen LogP contribution in [0.3, 0.4) is 0 Å². The van der Waals surface area contributed by atoms with Gasteiger partial charge in [0.05, 0.1) is 13.2 Å². The average Bonchev–Trinajstić information content (AvgIpc) is 1.96. The predicted molar refractivity (Wildman–Crippen MR) is 33.7 cm³/mol. The lowest BCUT2D eigenvalue weighted by molar-refractivity contribution is -0.297. The first-order valence-electron chi connectivity index (χ1n) is 3.32. The first-order chi connectivity index (χ1) is 5.81. The topological polar surface area (TPSA) is 18.5 Å². The highest BCUT2D eigenvalue weighted by atomic mass is 19.4. The predicted octanol–water partition coefficient (Wildman–Crippen LogP) is 1.85. The van der Waals surface area contributed by atoms with Crippen LogP contribution in [-0.2, 0) is 9.47 Å². The van der Waals surface area contributed by atoms with Gasteiger partial charge in [0.1, 0.15) is 6.61 Å². The van der Waals surface area contributed by atoms with Crippen LogP contribution in [0.1, 0.15) is 0 Å². The van der Waals surface area contributed by atoms with Gasteiger partial charge in [-0.3, -0.25) is 0 Å². The van der Waals surface area contributed by atoms with Crippen molar-refractivity contribution < 1.29 is 31.4 Å². The summed E-state index contributed by atoms with van der Waals surface area (Å²) in [6.07, 6.45) is -5.56. The number of ether oxygens (including phenoxy) is 2. The van der Waals surface area contributed by atoms with Crippen LogP contribution in [0.4, 0.5) is 22.0 Å². The molecule has 0 saturated heterocycles. The van der Waals surface area contributed by atoms with E-state index >= 15 is 0 Å². The molecule has 0 heterocycles. The molecule has 0 aromatic rings. The highest BCUT2D eigenvalue weighted by Gasteiger charge is 2.57. The van der Waals surface area contributed by atoms with Gasteiger partial charge in [-0.25, -0.2) is 0 Å². The molecule has 0 spiro atoms. The van der Waals surface area contributed by atoms with Crippen molar-refractivity contribution in [1.82, 2.24) is 0 Å². The molecule has 0 bridgehead atoms. The lowest BCUT2D eigenvalue weighted by Crippen LogP contribution is -2.41. The van der Waals surface area contributed by atoms with Crippen LogP contribution in [0.2, 0.25) is 0 Å². The molecule has 0 aromatic heterocycles. The van der Waals surface area contributed by atoms with Crippen molar-refractivity contribution in [2.45, 2.75) is 12.1 Å². The van der Waals surface area contributed by atoms with E-state index in [0.29, 0.717) is 0 Å². The first-order valence-corrected chi connectivity index (χ1v) is 3.32. The van der Waals surface area contributed by atoms with E-state index in [0.717, 1.165) is 0 Å². The van der Waals surface area contributed by atoms with Gasteiger partial charge in [0, 0.05) is 7.11 Å². The van der Waals surface area contributed by atoms with Gasteiger partial charge in [-0.1, -0.05) is 0 Å². The summed E-state index contributed by atoms with van der Waals surface area (Å²) in [5.41, 5.74) is 0. The normalized spacial score (nSPS) is 13.4. The number of rotatable bonds is 5. The third-order valence-corrected chi connectivity index (χ3v) is 1.13. The number of alkyl halides is 5. The third-order valence-electron chi connectivity index (χ3n) is 1.13. The van der Waals surface area contributed by atoms with Crippen molar-refractivity contribution in [2.24, 2.45) is 0 Å². The van der Waals surface area contributed by atoms with Crippen LogP contribution in [0.5, 0.6) is 0 Å². The van der Waals surface area contributed by atoms with Crippen LogP contribution in [-0.4, -0.2) is 39.0 Å². The Morgan fingerprint density at radius 3 is 1.92 bits per heavy atom. The molecule has 0 aliphatic carbocycles. The molecule has 0 unspecified atom stereocenters. The highest BCUT2D eigenvalue weighted by Crippen LogP contribution is 2.35. The first kappa shape index (κ1) is 12.6. The summed E-state index contributed by atoms with van der Waals surface area (Å²) in [4.78, 5) is 0. The Morgan fingerprint density at radius 2 is 1.54 bits per heavy atom. The third kappa shape index (κ3) is 4.37. The van der Waals surface area contributed by atoms with Crippen molar-refractivity contribution in [1.29, 1.82) is 0 Å². The maximum Gasteiger partial charge on any atom is 0.455 e. The standard InChI is InChI=1S/C6H9F5O2/c1-12-2-3-13-4-5(7,8)6(9,10)11/h2-4H2,1H3. The van der Waals surface area contributed by atoms with Crippen LogP contribution in [0.15, 0.2) is 0 Å². The fraction of sp³-hybridized carbons (Fsp3) is 1.00. The van der Waals surface area contributed by atoms with E-state index in [-0.39, 0.29) is 13.2 Å². The van der Waals surface area contributed by atoms with E-state index in [1.54, 1.807) is 0 Å². The molecule has 13 heavy (non-hydrogen) atoms. The van der Waals surface area contributed by atoms with Gasteiger partial charge in [0.2, 0.25) is 0 Å².